The highest BCUT2D eigenvalue weighted by molar-refractivity contribution is 7.99. The van der Waals surface area contributed by atoms with Gasteiger partial charge in [0.2, 0.25) is 11.9 Å². The molecule has 26 heavy (non-hydrogen) atoms. The second-order valence-corrected chi connectivity index (χ2v) is 8.12. The number of nitrogens with one attached hydrogen (secondary N) is 1. The van der Waals surface area contributed by atoms with Crippen LogP contribution in [0.15, 0.2) is 23.4 Å². The number of rotatable bonds is 6. The number of benzene rings is 1. The van der Waals surface area contributed by atoms with Gasteiger partial charge in [-0.2, -0.15) is 0 Å². The minimum Gasteiger partial charge on any atom is -0.341 e. The summed E-state index contributed by atoms with van der Waals surface area (Å²) in [6.45, 7) is 6.15. The summed E-state index contributed by atoms with van der Waals surface area (Å²) in [7, 11) is 0. The Balaban J connectivity index is 1.44. The molecular formula is C19H25N5OS. The third-order valence-electron chi connectivity index (χ3n) is 5.03. The zero-order valence-corrected chi connectivity index (χ0v) is 16.2. The third kappa shape index (κ3) is 3.58. The molecule has 1 saturated heterocycles. The average Bonchev–Trinajstić information content (AvgIpc) is 3.15. The summed E-state index contributed by atoms with van der Waals surface area (Å²) in [6.07, 6.45) is 4.80. The molecule has 6 nitrogen and oxygen atoms in total. The van der Waals surface area contributed by atoms with Crippen molar-refractivity contribution >= 4 is 29.3 Å². The molecule has 1 saturated carbocycles. The lowest BCUT2D eigenvalue weighted by Crippen LogP contribution is -2.22. The van der Waals surface area contributed by atoms with E-state index in [4.69, 9.17) is 0 Å². The van der Waals surface area contributed by atoms with Crippen molar-refractivity contribution in [2.24, 2.45) is 0 Å². The van der Waals surface area contributed by atoms with Crippen molar-refractivity contribution in [3.05, 3.63) is 29.3 Å². The van der Waals surface area contributed by atoms with Crippen LogP contribution in [0.2, 0.25) is 0 Å². The van der Waals surface area contributed by atoms with Crippen LogP contribution in [0.25, 0.3) is 0 Å². The Kier molecular flexibility index (Phi) is 4.89. The van der Waals surface area contributed by atoms with Gasteiger partial charge in [0.25, 0.3) is 0 Å². The molecule has 0 radical (unpaired) electrons. The van der Waals surface area contributed by atoms with Crippen molar-refractivity contribution < 1.29 is 4.79 Å². The Morgan fingerprint density at radius 3 is 2.54 bits per heavy atom. The van der Waals surface area contributed by atoms with Crippen molar-refractivity contribution in [3.8, 4) is 0 Å². The second-order valence-electron chi connectivity index (χ2n) is 7.18. The van der Waals surface area contributed by atoms with E-state index in [1.165, 1.54) is 37.4 Å². The molecule has 2 fully saturated rings. The molecule has 1 aromatic heterocycles. The smallest absolute Gasteiger partial charge is 0.234 e. The SMILES string of the molecule is Cc1cccc(C)c1NC(=O)CSc1nnc(N2CCCC2)n1C1CC1. The number of para-hydroxylation sites is 1. The molecule has 4 rings (SSSR count). The first-order chi connectivity index (χ1) is 12.6. The summed E-state index contributed by atoms with van der Waals surface area (Å²) >= 11 is 1.48. The van der Waals surface area contributed by atoms with Crippen LogP contribution in [-0.4, -0.2) is 39.5 Å². The van der Waals surface area contributed by atoms with Gasteiger partial charge in [-0.25, -0.2) is 0 Å². The summed E-state index contributed by atoms with van der Waals surface area (Å²) in [4.78, 5) is 14.8. The predicted octanol–water partition coefficient (Wildman–Crippen LogP) is 3.56. The van der Waals surface area contributed by atoms with E-state index in [-0.39, 0.29) is 5.91 Å². The van der Waals surface area contributed by atoms with E-state index in [0.717, 1.165) is 41.0 Å². The molecule has 2 heterocycles. The molecule has 138 valence electrons. The number of aryl methyl sites for hydroxylation is 2. The van der Waals surface area contributed by atoms with Crippen LogP contribution in [0, 0.1) is 13.8 Å². The van der Waals surface area contributed by atoms with Crippen molar-refractivity contribution in [3.63, 3.8) is 0 Å². The van der Waals surface area contributed by atoms with E-state index in [1.807, 2.05) is 32.0 Å². The van der Waals surface area contributed by atoms with E-state index in [9.17, 15) is 4.79 Å². The number of hydrogen-bond donors (Lipinski definition) is 1. The van der Waals surface area contributed by atoms with Crippen molar-refractivity contribution in [2.75, 3.05) is 29.1 Å². The molecule has 1 N–H and O–H groups in total. The summed E-state index contributed by atoms with van der Waals surface area (Å²) in [5.74, 6) is 1.33. The fraction of sp³-hybridized carbons (Fsp3) is 0.526. The van der Waals surface area contributed by atoms with Gasteiger partial charge in [0, 0.05) is 24.8 Å². The monoisotopic (exact) mass is 371 g/mol. The highest BCUT2D eigenvalue weighted by Gasteiger charge is 2.32. The van der Waals surface area contributed by atoms with E-state index in [2.05, 4.69) is 25.0 Å². The predicted molar refractivity (Wildman–Crippen MR) is 105 cm³/mol. The lowest BCUT2D eigenvalue weighted by molar-refractivity contribution is -0.113. The van der Waals surface area contributed by atoms with E-state index in [1.54, 1.807) is 0 Å². The van der Waals surface area contributed by atoms with Gasteiger partial charge in [0.15, 0.2) is 5.16 Å². The van der Waals surface area contributed by atoms with Gasteiger partial charge in [0.05, 0.1) is 5.75 Å². The molecule has 0 spiro atoms. The summed E-state index contributed by atoms with van der Waals surface area (Å²) < 4.78 is 2.25. The van der Waals surface area contributed by atoms with Crippen LogP contribution in [0.5, 0.6) is 0 Å². The van der Waals surface area contributed by atoms with Crippen molar-refractivity contribution in [1.82, 2.24) is 14.8 Å². The molecule has 0 unspecified atom stereocenters. The second kappa shape index (κ2) is 7.31. The minimum absolute atomic E-state index is 0.000435. The van der Waals surface area contributed by atoms with Gasteiger partial charge in [-0.05, 0) is 50.7 Å². The molecule has 1 amide bonds. The van der Waals surface area contributed by atoms with Crippen LogP contribution >= 0.6 is 11.8 Å². The molecule has 0 atom stereocenters. The topological polar surface area (TPSA) is 63.1 Å². The first-order valence-electron chi connectivity index (χ1n) is 9.32. The van der Waals surface area contributed by atoms with Crippen LogP contribution in [0.4, 0.5) is 11.6 Å². The first kappa shape index (κ1) is 17.4. The highest BCUT2D eigenvalue weighted by Crippen LogP contribution is 2.41. The zero-order valence-electron chi connectivity index (χ0n) is 15.4. The molecule has 1 aliphatic carbocycles. The van der Waals surface area contributed by atoms with Gasteiger partial charge in [-0.1, -0.05) is 30.0 Å². The van der Waals surface area contributed by atoms with Crippen molar-refractivity contribution in [2.45, 2.75) is 50.7 Å². The number of carbonyl (C=O) groups is 1. The summed E-state index contributed by atoms with van der Waals surface area (Å²) in [5.41, 5.74) is 3.08. The van der Waals surface area contributed by atoms with E-state index in [0.29, 0.717) is 11.8 Å². The van der Waals surface area contributed by atoms with Gasteiger partial charge >= 0.3 is 0 Å². The molecule has 1 aromatic carbocycles. The van der Waals surface area contributed by atoms with Crippen LogP contribution < -0.4 is 10.2 Å². The Morgan fingerprint density at radius 2 is 1.88 bits per heavy atom. The number of carbonyl (C=O) groups excluding carboxylic acids is 1. The Hall–Kier alpha value is -2.02. The van der Waals surface area contributed by atoms with E-state index >= 15 is 0 Å². The van der Waals surface area contributed by atoms with Crippen LogP contribution in [-0.2, 0) is 4.79 Å². The Bertz CT molecular complexity index is 788. The molecule has 2 aromatic rings. The number of thioether (sulfide) groups is 1. The van der Waals surface area contributed by atoms with Crippen LogP contribution in [0.1, 0.15) is 42.9 Å². The maximum absolute atomic E-state index is 12.5. The maximum Gasteiger partial charge on any atom is 0.234 e. The zero-order chi connectivity index (χ0) is 18.1. The third-order valence-corrected chi connectivity index (χ3v) is 5.97. The van der Waals surface area contributed by atoms with Gasteiger partial charge in [-0.3, -0.25) is 9.36 Å². The van der Waals surface area contributed by atoms with Gasteiger partial charge in [-0.15, -0.1) is 10.2 Å². The fourth-order valence-corrected chi connectivity index (χ4v) is 4.27. The number of aromatic nitrogens is 3. The lowest BCUT2D eigenvalue weighted by atomic mass is 10.1. The lowest BCUT2D eigenvalue weighted by Gasteiger charge is -2.18. The average molecular weight is 372 g/mol. The molecule has 2 aliphatic rings. The molecule has 7 heteroatoms. The summed E-state index contributed by atoms with van der Waals surface area (Å²) in [5, 5.41) is 12.7. The number of nitrogens with zero attached hydrogens (tertiary/aromatic N) is 4. The molecule has 0 bridgehead atoms. The number of anilines is 2. The van der Waals surface area contributed by atoms with Crippen molar-refractivity contribution in [1.29, 1.82) is 0 Å². The number of amides is 1. The summed E-state index contributed by atoms with van der Waals surface area (Å²) in [6, 6.07) is 6.54. The quantitative estimate of drug-likeness (QED) is 0.787. The first-order valence-corrected chi connectivity index (χ1v) is 10.3. The molecular weight excluding hydrogens is 346 g/mol. The largest absolute Gasteiger partial charge is 0.341 e. The Morgan fingerprint density at radius 1 is 1.19 bits per heavy atom. The standard InChI is InChI=1S/C19H25N5OS/c1-13-6-5-7-14(2)17(13)20-16(25)12-26-19-22-21-18(23-10-3-4-11-23)24(19)15-8-9-15/h5-7,15H,3-4,8-12H2,1-2H3,(H,20,25). The normalized spacial score (nSPS) is 16.9. The minimum atomic E-state index is 0.000435. The van der Waals surface area contributed by atoms with Crippen LogP contribution in [0.3, 0.4) is 0 Å². The van der Waals surface area contributed by atoms with Gasteiger partial charge < -0.3 is 10.2 Å². The molecule has 1 aliphatic heterocycles. The fourth-order valence-electron chi connectivity index (χ4n) is 3.47. The van der Waals surface area contributed by atoms with E-state index < -0.39 is 0 Å². The van der Waals surface area contributed by atoms with Gasteiger partial charge in [0.1, 0.15) is 0 Å². The maximum atomic E-state index is 12.5. The number of hydrogen-bond acceptors (Lipinski definition) is 5. The Labute approximate surface area is 158 Å². The highest BCUT2D eigenvalue weighted by atomic mass is 32.2.